The van der Waals surface area contributed by atoms with E-state index in [9.17, 15) is 4.79 Å². The summed E-state index contributed by atoms with van der Waals surface area (Å²) in [6, 6.07) is 8.17. The monoisotopic (exact) mass is 255 g/mol. The fourth-order valence-electron chi connectivity index (χ4n) is 1.94. The Hall–Kier alpha value is -2.16. The van der Waals surface area contributed by atoms with Crippen LogP contribution in [0.1, 0.15) is 32.0 Å². The highest BCUT2D eigenvalue weighted by Crippen LogP contribution is 2.27. The van der Waals surface area contributed by atoms with Gasteiger partial charge in [0, 0.05) is 17.7 Å². The van der Waals surface area contributed by atoms with Gasteiger partial charge in [-0.25, -0.2) is 4.79 Å². The summed E-state index contributed by atoms with van der Waals surface area (Å²) in [6.45, 7) is 6.45. The fraction of sp³-hybridized carbons (Fsp3) is 0.250. The van der Waals surface area contributed by atoms with Crippen molar-refractivity contribution in [3.63, 3.8) is 0 Å². The quantitative estimate of drug-likeness (QED) is 0.834. The molecule has 0 radical (unpaired) electrons. The molecule has 0 unspecified atom stereocenters. The predicted octanol–water partition coefficient (Wildman–Crippen LogP) is 3.63. The summed E-state index contributed by atoms with van der Waals surface area (Å²) in [7, 11) is 0. The number of hydrogen-bond acceptors (Lipinski definition) is 2. The number of aromatic nitrogens is 1. The van der Waals surface area contributed by atoms with E-state index in [2.05, 4.69) is 44.0 Å². The summed E-state index contributed by atoms with van der Waals surface area (Å²) in [5.74, 6) is -0.967. The molecular weight excluding hydrogens is 238 g/mol. The number of pyridine rings is 1. The Bertz CT molecular complexity index is 651. The zero-order valence-corrected chi connectivity index (χ0v) is 11.3. The molecule has 3 heteroatoms. The first kappa shape index (κ1) is 13.3. The van der Waals surface area contributed by atoms with Crippen molar-refractivity contribution in [1.82, 2.24) is 4.98 Å². The topological polar surface area (TPSA) is 50.2 Å². The lowest BCUT2D eigenvalue weighted by atomic mass is 9.86. The molecule has 3 nitrogen and oxygen atoms in total. The Balaban J connectivity index is 2.62. The number of carbonyl (C=O) groups is 1. The molecule has 0 atom stereocenters. The van der Waals surface area contributed by atoms with Crippen LogP contribution in [0.5, 0.6) is 0 Å². The van der Waals surface area contributed by atoms with Crippen molar-refractivity contribution in [1.29, 1.82) is 0 Å². The Labute approximate surface area is 112 Å². The Morgan fingerprint density at radius 1 is 1.26 bits per heavy atom. The van der Waals surface area contributed by atoms with Crippen molar-refractivity contribution in [3.8, 4) is 0 Å². The molecule has 0 aliphatic carbocycles. The second-order valence-electron chi connectivity index (χ2n) is 5.55. The van der Waals surface area contributed by atoms with Gasteiger partial charge in [0.1, 0.15) is 0 Å². The zero-order valence-electron chi connectivity index (χ0n) is 11.3. The van der Waals surface area contributed by atoms with E-state index in [4.69, 9.17) is 5.11 Å². The van der Waals surface area contributed by atoms with E-state index in [0.717, 1.165) is 16.8 Å². The zero-order chi connectivity index (χ0) is 14.0. The third-order valence-corrected chi connectivity index (χ3v) is 3.05. The van der Waals surface area contributed by atoms with Crippen LogP contribution in [0.4, 0.5) is 0 Å². The van der Waals surface area contributed by atoms with Crippen LogP contribution in [0.25, 0.3) is 16.8 Å². The normalized spacial score (nSPS) is 12.2. The van der Waals surface area contributed by atoms with Crippen LogP contribution in [0.2, 0.25) is 0 Å². The van der Waals surface area contributed by atoms with Gasteiger partial charge >= 0.3 is 5.97 Å². The summed E-state index contributed by atoms with van der Waals surface area (Å²) in [5, 5.41) is 10.8. The molecule has 2 rings (SSSR count). The maximum Gasteiger partial charge on any atom is 0.328 e. The molecule has 1 aromatic carbocycles. The van der Waals surface area contributed by atoms with Gasteiger partial charge < -0.3 is 5.11 Å². The molecule has 1 aromatic heterocycles. The van der Waals surface area contributed by atoms with Crippen molar-refractivity contribution in [2.24, 2.45) is 0 Å². The van der Waals surface area contributed by atoms with Gasteiger partial charge in [-0.2, -0.15) is 0 Å². The summed E-state index contributed by atoms with van der Waals surface area (Å²) in [6.07, 6.45) is 4.35. The second kappa shape index (κ2) is 4.84. The van der Waals surface area contributed by atoms with E-state index in [-0.39, 0.29) is 5.41 Å². The van der Waals surface area contributed by atoms with Crippen molar-refractivity contribution in [2.45, 2.75) is 26.2 Å². The molecule has 0 saturated carbocycles. The van der Waals surface area contributed by atoms with E-state index in [1.165, 1.54) is 11.6 Å². The average molecular weight is 255 g/mol. The minimum Gasteiger partial charge on any atom is -0.478 e. The standard InChI is InChI=1S/C16H17NO2/c1-16(2,3)12-5-4-11-8-9-17-14(13(11)10-12)6-7-15(18)19/h4-10H,1-3H3,(H,18,19)/b7-6+. The van der Waals surface area contributed by atoms with Crippen LogP contribution < -0.4 is 0 Å². The number of nitrogens with zero attached hydrogens (tertiary/aromatic N) is 1. The molecular formula is C16H17NO2. The van der Waals surface area contributed by atoms with Gasteiger partial charge in [0.25, 0.3) is 0 Å². The van der Waals surface area contributed by atoms with Crippen molar-refractivity contribution in [2.75, 3.05) is 0 Å². The van der Waals surface area contributed by atoms with Crippen molar-refractivity contribution in [3.05, 3.63) is 47.8 Å². The largest absolute Gasteiger partial charge is 0.478 e. The van der Waals surface area contributed by atoms with Gasteiger partial charge in [-0.1, -0.05) is 32.9 Å². The molecule has 98 valence electrons. The first-order valence-electron chi connectivity index (χ1n) is 6.18. The van der Waals surface area contributed by atoms with E-state index in [1.807, 2.05) is 6.07 Å². The highest BCUT2D eigenvalue weighted by atomic mass is 16.4. The Kier molecular flexibility index (Phi) is 3.38. The third kappa shape index (κ3) is 2.99. The summed E-state index contributed by atoms with van der Waals surface area (Å²) >= 11 is 0. The molecule has 0 aliphatic heterocycles. The molecule has 0 amide bonds. The number of carboxylic acids is 1. The fourth-order valence-corrected chi connectivity index (χ4v) is 1.94. The lowest BCUT2D eigenvalue weighted by molar-refractivity contribution is -0.131. The summed E-state index contributed by atoms with van der Waals surface area (Å²) in [5.41, 5.74) is 1.95. The molecule has 0 saturated heterocycles. The first-order valence-corrected chi connectivity index (χ1v) is 6.18. The van der Waals surface area contributed by atoms with E-state index < -0.39 is 5.97 Å². The second-order valence-corrected chi connectivity index (χ2v) is 5.55. The molecule has 0 bridgehead atoms. The number of fused-ring (bicyclic) bond motifs is 1. The number of aliphatic carboxylic acids is 1. The SMILES string of the molecule is CC(C)(C)c1ccc2ccnc(/C=C/C(=O)O)c2c1. The van der Waals surface area contributed by atoms with Gasteiger partial charge in [0.2, 0.25) is 0 Å². The Morgan fingerprint density at radius 3 is 2.63 bits per heavy atom. The maximum absolute atomic E-state index is 10.6. The first-order chi connectivity index (χ1) is 8.88. The number of carboxylic acid groups (broad SMARTS) is 1. The van der Waals surface area contributed by atoms with Crippen molar-refractivity contribution < 1.29 is 9.90 Å². The predicted molar refractivity (Wildman–Crippen MR) is 77.1 cm³/mol. The van der Waals surface area contributed by atoms with Gasteiger partial charge in [-0.15, -0.1) is 0 Å². The van der Waals surface area contributed by atoms with E-state index >= 15 is 0 Å². The maximum atomic E-state index is 10.6. The van der Waals surface area contributed by atoms with Gasteiger partial charge in [0.15, 0.2) is 0 Å². The molecule has 1 N–H and O–H groups in total. The van der Waals surface area contributed by atoms with Crippen LogP contribution >= 0.6 is 0 Å². The van der Waals surface area contributed by atoms with E-state index in [1.54, 1.807) is 6.20 Å². The van der Waals surface area contributed by atoms with Gasteiger partial charge in [-0.05, 0) is 34.6 Å². The average Bonchev–Trinajstić information content (AvgIpc) is 2.34. The van der Waals surface area contributed by atoms with Crippen LogP contribution in [-0.4, -0.2) is 16.1 Å². The lowest BCUT2D eigenvalue weighted by Crippen LogP contribution is -2.10. The summed E-state index contributed by atoms with van der Waals surface area (Å²) in [4.78, 5) is 14.9. The molecule has 0 spiro atoms. The van der Waals surface area contributed by atoms with Crippen LogP contribution in [0.3, 0.4) is 0 Å². The number of hydrogen-bond donors (Lipinski definition) is 1. The highest BCUT2D eigenvalue weighted by molar-refractivity contribution is 5.93. The molecule has 1 heterocycles. The minimum atomic E-state index is -0.967. The lowest BCUT2D eigenvalue weighted by Gasteiger charge is -2.19. The highest BCUT2D eigenvalue weighted by Gasteiger charge is 2.14. The molecule has 19 heavy (non-hydrogen) atoms. The van der Waals surface area contributed by atoms with Gasteiger partial charge in [-0.3, -0.25) is 4.98 Å². The Morgan fingerprint density at radius 2 is 2.00 bits per heavy atom. The van der Waals surface area contributed by atoms with Crippen LogP contribution in [0, 0.1) is 0 Å². The van der Waals surface area contributed by atoms with Crippen molar-refractivity contribution >= 4 is 22.8 Å². The number of rotatable bonds is 2. The van der Waals surface area contributed by atoms with E-state index in [0.29, 0.717) is 5.69 Å². The molecule has 0 fully saturated rings. The number of benzene rings is 1. The molecule has 2 aromatic rings. The third-order valence-electron chi connectivity index (χ3n) is 3.05. The summed E-state index contributed by atoms with van der Waals surface area (Å²) < 4.78 is 0. The van der Waals surface area contributed by atoms with Gasteiger partial charge in [0.05, 0.1) is 5.69 Å². The smallest absolute Gasteiger partial charge is 0.328 e. The molecule has 0 aliphatic rings. The minimum absolute atomic E-state index is 0.0534. The van der Waals surface area contributed by atoms with Crippen LogP contribution in [-0.2, 0) is 10.2 Å². The van der Waals surface area contributed by atoms with Crippen LogP contribution in [0.15, 0.2) is 36.5 Å².